The molecule has 0 spiro atoms. The third kappa shape index (κ3) is 4.53. The fraction of sp³-hybridized carbons (Fsp3) is 0. The molecule has 2 aromatic carbocycles. The van der Waals surface area contributed by atoms with E-state index in [1.165, 1.54) is 42.9 Å². The first-order valence-electron chi connectivity index (χ1n) is 8.37. The molecule has 1 heterocycles. The molecule has 0 unspecified atom stereocenters. The number of hydrogen-bond donors (Lipinski definition) is 1. The third-order valence-corrected chi connectivity index (χ3v) is 5.53. The highest BCUT2D eigenvalue weighted by atomic mass is 35.5. The summed E-state index contributed by atoms with van der Waals surface area (Å²) in [4.78, 5) is 23.8. The molecule has 0 saturated heterocycles. The van der Waals surface area contributed by atoms with Crippen molar-refractivity contribution in [2.75, 3.05) is 4.72 Å². The van der Waals surface area contributed by atoms with Gasteiger partial charge in [-0.05, 0) is 49.2 Å². The first-order chi connectivity index (χ1) is 14.4. The molecule has 1 N–H and O–H groups in total. The maximum absolute atomic E-state index is 12.9. The molecule has 0 amide bonds. The van der Waals surface area contributed by atoms with Crippen LogP contribution in [0.4, 0.5) is 5.69 Å². The number of carbonyl (C=O) groups is 1. The molecular formula is C20H15ClN4O4S. The lowest BCUT2D eigenvalue weighted by Crippen LogP contribution is -2.18. The number of nitrogens with zero attached hydrogens (tertiary/aromatic N) is 3. The number of rotatable bonds is 7. The number of halogens is 1. The Morgan fingerprint density at radius 1 is 1.20 bits per heavy atom. The smallest absolute Gasteiger partial charge is 0.261 e. The summed E-state index contributed by atoms with van der Waals surface area (Å²) in [6.07, 6.45) is 3.93. The lowest BCUT2D eigenvalue weighted by Gasteiger charge is -2.12. The number of hydrogen-bond acceptors (Lipinski definition) is 6. The van der Waals surface area contributed by atoms with E-state index < -0.39 is 15.8 Å². The predicted octanol–water partition coefficient (Wildman–Crippen LogP) is 4.22. The van der Waals surface area contributed by atoms with Gasteiger partial charge in [0, 0.05) is 16.8 Å². The van der Waals surface area contributed by atoms with Gasteiger partial charge in [-0.15, -0.1) is 0 Å². The van der Waals surface area contributed by atoms with Crippen LogP contribution in [0.5, 0.6) is 0 Å². The number of benzene rings is 2. The van der Waals surface area contributed by atoms with Crippen LogP contribution >= 0.6 is 11.6 Å². The molecule has 8 nitrogen and oxygen atoms in total. The lowest BCUT2D eigenvalue weighted by atomic mass is 10.1. The molecule has 0 aliphatic carbocycles. The van der Waals surface area contributed by atoms with Crippen molar-refractivity contribution in [3.63, 3.8) is 0 Å². The molecule has 0 atom stereocenters. The average Bonchev–Trinajstić information content (AvgIpc) is 3.28. The predicted molar refractivity (Wildman–Crippen MR) is 116 cm³/mol. The van der Waals surface area contributed by atoms with Gasteiger partial charge < -0.3 is 4.42 Å². The van der Waals surface area contributed by atoms with Crippen LogP contribution in [0.2, 0.25) is 5.02 Å². The Bertz CT molecular complexity index is 1230. The number of nitrogens with one attached hydrogen (secondary N) is 1. The van der Waals surface area contributed by atoms with Crippen LogP contribution in [-0.2, 0) is 10.0 Å². The first kappa shape index (κ1) is 21.2. The zero-order valence-electron chi connectivity index (χ0n) is 15.4. The van der Waals surface area contributed by atoms with Crippen LogP contribution in [-0.4, -0.2) is 31.7 Å². The van der Waals surface area contributed by atoms with Crippen LogP contribution in [0.1, 0.15) is 10.4 Å². The highest BCUT2D eigenvalue weighted by Crippen LogP contribution is 2.26. The first-order valence-corrected chi connectivity index (χ1v) is 10.2. The average molecular weight is 443 g/mol. The van der Waals surface area contributed by atoms with Crippen molar-refractivity contribution < 1.29 is 17.6 Å². The Hall–Kier alpha value is -3.56. The van der Waals surface area contributed by atoms with Crippen molar-refractivity contribution in [2.24, 2.45) is 9.98 Å². The van der Waals surface area contributed by atoms with E-state index in [0.29, 0.717) is 11.3 Å². The van der Waals surface area contributed by atoms with Crippen molar-refractivity contribution in [3.8, 4) is 11.3 Å². The van der Waals surface area contributed by atoms with E-state index in [4.69, 9.17) is 16.0 Å². The number of carbonyl (C=O) groups excluding carboxylic acids is 1. The highest BCUT2D eigenvalue weighted by molar-refractivity contribution is 7.92. The van der Waals surface area contributed by atoms with E-state index >= 15 is 0 Å². The monoisotopic (exact) mass is 442 g/mol. The van der Waals surface area contributed by atoms with E-state index in [0.717, 1.165) is 6.20 Å². The van der Waals surface area contributed by atoms with Gasteiger partial charge in [-0.3, -0.25) is 9.52 Å². The fourth-order valence-corrected chi connectivity index (χ4v) is 3.78. The number of Topliss-reactive ketones (excluding diaryl/α,β-unsaturated/α-hetero) is 1. The number of anilines is 1. The summed E-state index contributed by atoms with van der Waals surface area (Å²) in [5.74, 6) is -0.404. The molecule has 30 heavy (non-hydrogen) atoms. The molecule has 152 valence electrons. The molecule has 10 heteroatoms. The third-order valence-electron chi connectivity index (χ3n) is 3.92. The summed E-state index contributed by atoms with van der Waals surface area (Å²) in [5.41, 5.74) is 0.651. The minimum atomic E-state index is -4.01. The summed E-state index contributed by atoms with van der Waals surface area (Å²) in [6.45, 7) is 6.71. The van der Waals surface area contributed by atoms with Crippen molar-refractivity contribution in [1.29, 1.82) is 0 Å². The summed E-state index contributed by atoms with van der Waals surface area (Å²) in [7, 11) is -4.01. The van der Waals surface area contributed by atoms with Crippen molar-refractivity contribution in [2.45, 2.75) is 4.90 Å². The van der Waals surface area contributed by atoms with Crippen molar-refractivity contribution >= 4 is 45.6 Å². The number of sulfonamides is 1. The van der Waals surface area contributed by atoms with Gasteiger partial charge in [-0.25, -0.2) is 23.4 Å². The Kier molecular flexibility index (Phi) is 6.24. The van der Waals surface area contributed by atoms with E-state index in [1.807, 2.05) is 0 Å². The van der Waals surface area contributed by atoms with Gasteiger partial charge in [-0.2, -0.15) is 0 Å². The molecule has 0 fully saturated rings. The second-order valence-corrected chi connectivity index (χ2v) is 7.93. The summed E-state index contributed by atoms with van der Waals surface area (Å²) in [6, 6.07) is 10.1. The second kappa shape index (κ2) is 8.85. The molecule has 0 radical (unpaired) electrons. The Labute approximate surface area is 177 Å². The van der Waals surface area contributed by atoms with Gasteiger partial charge in [0.15, 0.2) is 12.2 Å². The number of amidine groups is 1. The van der Waals surface area contributed by atoms with Crippen molar-refractivity contribution in [3.05, 3.63) is 78.4 Å². The van der Waals surface area contributed by atoms with Gasteiger partial charge in [-0.1, -0.05) is 18.2 Å². The van der Waals surface area contributed by atoms with Crippen LogP contribution in [0.25, 0.3) is 11.3 Å². The number of aromatic nitrogens is 1. The Balaban J connectivity index is 1.95. The van der Waals surface area contributed by atoms with Crippen LogP contribution in [0.15, 0.2) is 87.1 Å². The Morgan fingerprint density at radius 2 is 1.93 bits per heavy atom. The van der Waals surface area contributed by atoms with Crippen molar-refractivity contribution in [1.82, 2.24) is 4.98 Å². The van der Waals surface area contributed by atoms with Gasteiger partial charge >= 0.3 is 0 Å². The summed E-state index contributed by atoms with van der Waals surface area (Å²) < 4.78 is 33.3. The minimum Gasteiger partial charge on any atom is -0.444 e. The fourth-order valence-electron chi connectivity index (χ4n) is 2.53. The SMILES string of the molecule is C=CN=C(N=C)C(=O)c1cc(Cl)ccc1NS(=O)(=O)c1ccc(-c2cnco2)cc1. The van der Waals surface area contributed by atoms with Crippen LogP contribution < -0.4 is 4.72 Å². The van der Waals surface area contributed by atoms with Crippen LogP contribution in [0.3, 0.4) is 0 Å². The number of aliphatic imine (C=N–C) groups is 2. The zero-order chi connectivity index (χ0) is 21.7. The van der Waals surface area contributed by atoms with Gasteiger partial charge in [0.2, 0.25) is 11.6 Å². The van der Waals surface area contributed by atoms with Gasteiger partial charge in [0.25, 0.3) is 10.0 Å². The van der Waals surface area contributed by atoms with E-state index in [-0.39, 0.29) is 27.0 Å². The number of oxazole rings is 1. The maximum Gasteiger partial charge on any atom is 0.261 e. The molecule has 0 saturated carbocycles. The molecule has 3 aromatic rings. The quantitative estimate of drug-likeness (QED) is 0.334. The van der Waals surface area contributed by atoms with Crippen LogP contribution in [0, 0.1) is 0 Å². The maximum atomic E-state index is 12.9. The lowest BCUT2D eigenvalue weighted by molar-refractivity contribution is 0.106. The van der Waals surface area contributed by atoms with Gasteiger partial charge in [0.05, 0.1) is 22.3 Å². The van der Waals surface area contributed by atoms with E-state index in [1.54, 1.807) is 12.1 Å². The largest absolute Gasteiger partial charge is 0.444 e. The minimum absolute atomic E-state index is 0.0130. The van der Waals surface area contributed by atoms with Gasteiger partial charge in [0.1, 0.15) is 0 Å². The molecule has 0 bridgehead atoms. The molecule has 0 aliphatic rings. The molecular weight excluding hydrogens is 428 g/mol. The molecule has 0 aliphatic heterocycles. The Morgan fingerprint density at radius 3 is 2.53 bits per heavy atom. The zero-order valence-corrected chi connectivity index (χ0v) is 17.0. The summed E-state index contributed by atoms with van der Waals surface area (Å²) in [5, 5.41) is 0.236. The second-order valence-electron chi connectivity index (χ2n) is 5.81. The standard InChI is InChI=1S/C20H15ClN4O4S/c1-3-24-20(22-2)19(26)16-10-14(21)6-9-17(16)25-30(27,28)15-7-4-13(5-8-15)18-11-23-12-29-18/h3-12,25H,1-2H2. The topological polar surface area (TPSA) is 114 Å². The van der Waals surface area contributed by atoms with E-state index in [9.17, 15) is 13.2 Å². The number of ketones is 1. The normalized spacial score (nSPS) is 11.7. The highest BCUT2D eigenvalue weighted by Gasteiger charge is 2.22. The summed E-state index contributed by atoms with van der Waals surface area (Å²) >= 11 is 5.99. The van der Waals surface area contributed by atoms with E-state index in [2.05, 4.69) is 33.0 Å². The molecule has 3 rings (SSSR count). The molecule has 1 aromatic heterocycles.